The predicted molar refractivity (Wildman–Crippen MR) is 28.0 cm³/mol. The molecule has 0 bridgehead atoms. The number of aliphatic hydroxyl groups is 2. The normalized spacial score (nSPS) is 11.6. The Bertz CT molecular complexity index is 74.1. The molecule has 0 heterocycles. The third-order valence-electron chi connectivity index (χ3n) is 0.439. The SMILES string of the molecule is O/C=C/C=C/CO. The van der Waals surface area contributed by atoms with Gasteiger partial charge in [0.05, 0.1) is 12.9 Å². The smallest absolute Gasteiger partial charge is 0.0791 e. The van der Waals surface area contributed by atoms with Crippen molar-refractivity contribution in [3.05, 3.63) is 24.5 Å². The standard InChI is InChI=1S/C5H8O2/c6-4-2-1-3-5-7/h1-4,6-7H,5H2/b3-1+,4-2+. The van der Waals surface area contributed by atoms with Crippen molar-refractivity contribution in [2.24, 2.45) is 0 Å². The van der Waals surface area contributed by atoms with E-state index in [4.69, 9.17) is 10.2 Å². The van der Waals surface area contributed by atoms with Crippen molar-refractivity contribution >= 4 is 0 Å². The molecule has 7 heavy (non-hydrogen) atoms. The summed E-state index contributed by atoms with van der Waals surface area (Å²) in [6, 6.07) is 0. The molecular weight excluding hydrogens is 92.1 g/mol. The van der Waals surface area contributed by atoms with Crippen LogP contribution in [-0.2, 0) is 0 Å². The number of hydrogen-bond acceptors (Lipinski definition) is 2. The van der Waals surface area contributed by atoms with Gasteiger partial charge in [-0.25, -0.2) is 0 Å². The van der Waals surface area contributed by atoms with Crippen molar-refractivity contribution in [1.82, 2.24) is 0 Å². The summed E-state index contributed by atoms with van der Waals surface area (Å²) in [4.78, 5) is 0. The molecule has 0 rings (SSSR count). The van der Waals surface area contributed by atoms with E-state index in [1.54, 1.807) is 6.08 Å². The van der Waals surface area contributed by atoms with Crippen LogP contribution in [0, 0.1) is 0 Å². The largest absolute Gasteiger partial charge is 0.516 e. The Morgan fingerprint density at radius 2 is 2.00 bits per heavy atom. The van der Waals surface area contributed by atoms with Crippen molar-refractivity contribution in [3.8, 4) is 0 Å². The Balaban J connectivity index is 3.09. The summed E-state index contributed by atoms with van der Waals surface area (Å²) >= 11 is 0. The van der Waals surface area contributed by atoms with Crippen LogP contribution in [-0.4, -0.2) is 16.8 Å². The Hall–Kier alpha value is -0.760. The highest BCUT2D eigenvalue weighted by Gasteiger charge is 1.59. The lowest BCUT2D eigenvalue weighted by Gasteiger charge is -1.70. The lowest BCUT2D eigenvalue weighted by molar-refractivity contribution is 0.342. The van der Waals surface area contributed by atoms with Gasteiger partial charge in [-0.15, -0.1) is 0 Å². The molecule has 2 heteroatoms. The summed E-state index contributed by atoms with van der Waals surface area (Å²) in [5, 5.41) is 16.1. The zero-order valence-corrected chi connectivity index (χ0v) is 3.91. The minimum Gasteiger partial charge on any atom is -0.516 e. The van der Waals surface area contributed by atoms with Crippen LogP contribution in [0.5, 0.6) is 0 Å². The van der Waals surface area contributed by atoms with Gasteiger partial charge in [0.25, 0.3) is 0 Å². The maximum Gasteiger partial charge on any atom is 0.0791 e. The van der Waals surface area contributed by atoms with Crippen LogP contribution in [0.25, 0.3) is 0 Å². The van der Waals surface area contributed by atoms with Crippen molar-refractivity contribution in [3.63, 3.8) is 0 Å². The third-order valence-corrected chi connectivity index (χ3v) is 0.439. The van der Waals surface area contributed by atoms with Gasteiger partial charge in [0, 0.05) is 0 Å². The van der Waals surface area contributed by atoms with Gasteiger partial charge >= 0.3 is 0 Å². The van der Waals surface area contributed by atoms with Gasteiger partial charge in [-0.2, -0.15) is 0 Å². The molecule has 0 saturated carbocycles. The van der Waals surface area contributed by atoms with Crippen LogP contribution >= 0.6 is 0 Å². The maximum atomic E-state index is 8.09. The molecule has 0 aliphatic rings. The molecule has 0 amide bonds. The van der Waals surface area contributed by atoms with Crippen molar-refractivity contribution in [1.29, 1.82) is 0 Å². The lowest BCUT2D eigenvalue weighted by atomic mass is 10.5. The second kappa shape index (κ2) is 5.24. The highest BCUT2D eigenvalue weighted by Crippen LogP contribution is 1.70. The summed E-state index contributed by atoms with van der Waals surface area (Å²) in [6.07, 6.45) is 5.41. The van der Waals surface area contributed by atoms with E-state index in [0.29, 0.717) is 0 Å². The van der Waals surface area contributed by atoms with Crippen LogP contribution in [0.3, 0.4) is 0 Å². The zero-order chi connectivity index (χ0) is 5.54. The summed E-state index contributed by atoms with van der Waals surface area (Å²) < 4.78 is 0. The fourth-order valence-corrected chi connectivity index (χ4v) is 0.189. The fraction of sp³-hybridized carbons (Fsp3) is 0.200. The summed E-state index contributed by atoms with van der Waals surface area (Å²) in [7, 11) is 0. The average Bonchev–Trinajstić information content (AvgIpc) is 1.69. The molecular formula is C5H8O2. The summed E-state index contributed by atoms with van der Waals surface area (Å²) in [6.45, 7) is 0.0182. The quantitative estimate of drug-likeness (QED) is 0.394. The van der Waals surface area contributed by atoms with E-state index in [0.717, 1.165) is 6.26 Å². The molecule has 2 N–H and O–H groups in total. The minimum atomic E-state index is 0.0182. The Morgan fingerprint density at radius 1 is 1.29 bits per heavy atom. The van der Waals surface area contributed by atoms with Gasteiger partial charge in [-0.1, -0.05) is 12.2 Å². The molecule has 0 aromatic rings. The van der Waals surface area contributed by atoms with E-state index < -0.39 is 0 Å². The summed E-state index contributed by atoms with van der Waals surface area (Å²) in [5.74, 6) is 0. The number of aliphatic hydroxyl groups excluding tert-OH is 2. The second-order valence-corrected chi connectivity index (χ2v) is 0.952. The number of allylic oxidation sites excluding steroid dienone is 2. The molecule has 40 valence electrons. The molecule has 0 aromatic heterocycles. The van der Waals surface area contributed by atoms with Crippen molar-refractivity contribution in [2.45, 2.75) is 0 Å². The first kappa shape index (κ1) is 6.24. The Labute approximate surface area is 42.4 Å². The van der Waals surface area contributed by atoms with E-state index in [1.165, 1.54) is 12.2 Å². The van der Waals surface area contributed by atoms with E-state index >= 15 is 0 Å². The monoisotopic (exact) mass is 100 g/mol. The topological polar surface area (TPSA) is 40.5 Å². The lowest BCUT2D eigenvalue weighted by Crippen LogP contribution is -1.66. The second-order valence-electron chi connectivity index (χ2n) is 0.952. The van der Waals surface area contributed by atoms with E-state index in [-0.39, 0.29) is 6.61 Å². The van der Waals surface area contributed by atoms with Crippen LogP contribution in [0.1, 0.15) is 0 Å². The molecule has 0 unspecified atom stereocenters. The Morgan fingerprint density at radius 3 is 2.43 bits per heavy atom. The third kappa shape index (κ3) is 5.24. The number of hydrogen-bond donors (Lipinski definition) is 2. The number of rotatable bonds is 2. The Kier molecular flexibility index (Phi) is 4.67. The first-order chi connectivity index (χ1) is 3.41. The van der Waals surface area contributed by atoms with Gasteiger partial charge < -0.3 is 10.2 Å². The van der Waals surface area contributed by atoms with Gasteiger partial charge in [0.2, 0.25) is 0 Å². The molecule has 0 aliphatic carbocycles. The van der Waals surface area contributed by atoms with Crippen molar-refractivity contribution < 1.29 is 10.2 Å². The maximum absolute atomic E-state index is 8.09. The molecule has 0 aromatic carbocycles. The highest BCUT2D eigenvalue weighted by molar-refractivity contribution is 4.98. The van der Waals surface area contributed by atoms with Gasteiger partial charge in [0.1, 0.15) is 0 Å². The highest BCUT2D eigenvalue weighted by atomic mass is 16.3. The molecule has 0 atom stereocenters. The zero-order valence-electron chi connectivity index (χ0n) is 3.91. The molecule has 0 spiro atoms. The van der Waals surface area contributed by atoms with Crippen LogP contribution < -0.4 is 0 Å². The van der Waals surface area contributed by atoms with E-state index in [9.17, 15) is 0 Å². The van der Waals surface area contributed by atoms with E-state index in [1.807, 2.05) is 0 Å². The molecule has 2 nitrogen and oxygen atoms in total. The van der Waals surface area contributed by atoms with Crippen LogP contribution in [0.15, 0.2) is 24.5 Å². The average molecular weight is 100 g/mol. The summed E-state index contributed by atoms with van der Waals surface area (Å²) in [5.41, 5.74) is 0. The van der Waals surface area contributed by atoms with E-state index in [2.05, 4.69) is 0 Å². The predicted octanol–water partition coefficient (Wildman–Crippen LogP) is 0.607. The van der Waals surface area contributed by atoms with Gasteiger partial charge in [-0.3, -0.25) is 0 Å². The fourth-order valence-electron chi connectivity index (χ4n) is 0.189. The molecule has 0 saturated heterocycles. The van der Waals surface area contributed by atoms with Crippen LogP contribution in [0.4, 0.5) is 0 Å². The first-order valence-corrected chi connectivity index (χ1v) is 1.98. The van der Waals surface area contributed by atoms with Gasteiger partial charge in [0.15, 0.2) is 0 Å². The minimum absolute atomic E-state index is 0.0182. The van der Waals surface area contributed by atoms with Crippen LogP contribution in [0.2, 0.25) is 0 Å². The molecule has 0 aliphatic heterocycles. The van der Waals surface area contributed by atoms with Crippen molar-refractivity contribution in [2.75, 3.05) is 6.61 Å². The molecule has 0 fully saturated rings. The first-order valence-electron chi connectivity index (χ1n) is 1.98. The molecule has 0 radical (unpaired) electrons. The van der Waals surface area contributed by atoms with Gasteiger partial charge in [-0.05, 0) is 6.08 Å².